The number of nitrogens with zero attached hydrogens (tertiary/aromatic N) is 1. The first kappa shape index (κ1) is 10.0. The van der Waals surface area contributed by atoms with Crippen molar-refractivity contribution in [3.05, 3.63) is 54.1 Å². The maximum absolute atomic E-state index is 2.40. The standard InChI is InChI=1S/C14H17N/c1-2-15-12-8-4-3-5-9-13-10-6-7-11-14(13)15/h3-8,10-11H,2,9,12H2,1H3/b5-3-,8-4-. The van der Waals surface area contributed by atoms with Crippen molar-refractivity contribution in [3.8, 4) is 0 Å². The topological polar surface area (TPSA) is 3.24 Å². The summed E-state index contributed by atoms with van der Waals surface area (Å²) in [6.07, 6.45) is 9.72. The molecule has 0 aliphatic carbocycles. The maximum Gasteiger partial charge on any atom is 0.0404 e. The van der Waals surface area contributed by atoms with Crippen LogP contribution in [0.2, 0.25) is 0 Å². The molecule has 0 saturated heterocycles. The molecule has 78 valence electrons. The van der Waals surface area contributed by atoms with Gasteiger partial charge in [-0.2, -0.15) is 0 Å². The van der Waals surface area contributed by atoms with E-state index in [4.69, 9.17) is 0 Å². The number of fused-ring (bicyclic) bond motifs is 1. The smallest absolute Gasteiger partial charge is 0.0404 e. The van der Waals surface area contributed by atoms with Crippen molar-refractivity contribution in [1.29, 1.82) is 0 Å². The number of rotatable bonds is 1. The number of allylic oxidation sites excluding steroid dienone is 3. The maximum atomic E-state index is 2.40. The van der Waals surface area contributed by atoms with Gasteiger partial charge in [0.1, 0.15) is 0 Å². The summed E-state index contributed by atoms with van der Waals surface area (Å²) in [7, 11) is 0. The molecule has 1 aliphatic rings. The lowest BCUT2D eigenvalue weighted by molar-refractivity contribution is 0.898. The summed E-state index contributed by atoms with van der Waals surface area (Å²) in [5.41, 5.74) is 2.79. The highest BCUT2D eigenvalue weighted by molar-refractivity contribution is 5.55. The van der Waals surface area contributed by atoms with Crippen molar-refractivity contribution in [2.45, 2.75) is 13.3 Å². The van der Waals surface area contributed by atoms with E-state index in [0.717, 1.165) is 19.5 Å². The Hall–Kier alpha value is -1.50. The van der Waals surface area contributed by atoms with Gasteiger partial charge in [0, 0.05) is 18.8 Å². The van der Waals surface area contributed by atoms with Gasteiger partial charge in [0.05, 0.1) is 0 Å². The van der Waals surface area contributed by atoms with Crippen molar-refractivity contribution < 1.29 is 0 Å². The van der Waals surface area contributed by atoms with E-state index < -0.39 is 0 Å². The van der Waals surface area contributed by atoms with E-state index in [9.17, 15) is 0 Å². The zero-order valence-corrected chi connectivity index (χ0v) is 9.19. The summed E-state index contributed by atoms with van der Waals surface area (Å²) in [6.45, 7) is 4.26. The Kier molecular flexibility index (Phi) is 3.23. The van der Waals surface area contributed by atoms with Crippen LogP contribution in [-0.4, -0.2) is 13.1 Å². The van der Waals surface area contributed by atoms with Crippen LogP contribution >= 0.6 is 0 Å². The Balaban J connectivity index is 2.38. The predicted molar refractivity (Wildman–Crippen MR) is 66.3 cm³/mol. The molecule has 0 spiro atoms. The van der Waals surface area contributed by atoms with E-state index in [0.29, 0.717) is 0 Å². The zero-order chi connectivity index (χ0) is 10.5. The minimum absolute atomic E-state index is 0.998. The van der Waals surface area contributed by atoms with Crippen LogP contribution in [0.1, 0.15) is 12.5 Å². The van der Waals surface area contributed by atoms with Crippen molar-refractivity contribution >= 4 is 5.69 Å². The molecule has 0 radical (unpaired) electrons. The molecule has 1 heterocycles. The van der Waals surface area contributed by atoms with Crippen molar-refractivity contribution in [2.75, 3.05) is 18.0 Å². The van der Waals surface area contributed by atoms with Crippen LogP contribution in [0.5, 0.6) is 0 Å². The number of anilines is 1. The fraction of sp³-hybridized carbons (Fsp3) is 0.286. The number of para-hydroxylation sites is 1. The summed E-state index contributed by atoms with van der Waals surface area (Å²) in [5.74, 6) is 0. The van der Waals surface area contributed by atoms with E-state index >= 15 is 0 Å². The van der Waals surface area contributed by atoms with Gasteiger partial charge in [-0.05, 0) is 25.0 Å². The van der Waals surface area contributed by atoms with Crippen molar-refractivity contribution in [3.63, 3.8) is 0 Å². The molecule has 1 nitrogen and oxygen atoms in total. The van der Waals surface area contributed by atoms with Crippen LogP contribution in [0.15, 0.2) is 48.6 Å². The van der Waals surface area contributed by atoms with Gasteiger partial charge in [-0.1, -0.05) is 42.5 Å². The van der Waals surface area contributed by atoms with Crippen LogP contribution in [0.3, 0.4) is 0 Å². The predicted octanol–water partition coefficient (Wildman–Crippen LogP) is 3.18. The Bertz CT molecular complexity index is 377. The highest BCUT2D eigenvalue weighted by atomic mass is 15.1. The fourth-order valence-electron chi connectivity index (χ4n) is 1.93. The summed E-state index contributed by atoms with van der Waals surface area (Å²) < 4.78 is 0. The normalized spacial score (nSPS) is 19.7. The van der Waals surface area contributed by atoms with Gasteiger partial charge in [0.25, 0.3) is 0 Å². The quantitative estimate of drug-likeness (QED) is 0.671. The van der Waals surface area contributed by atoms with Gasteiger partial charge in [0.2, 0.25) is 0 Å². The third-order valence-corrected chi connectivity index (χ3v) is 2.76. The molecular formula is C14H17N. The molecule has 2 rings (SSSR count). The Labute approximate surface area is 91.7 Å². The lowest BCUT2D eigenvalue weighted by atomic mass is 10.1. The number of likely N-dealkylation sites (N-methyl/N-ethyl adjacent to an activating group) is 1. The molecule has 0 fully saturated rings. The highest BCUT2D eigenvalue weighted by Crippen LogP contribution is 2.21. The van der Waals surface area contributed by atoms with Crippen molar-refractivity contribution in [2.24, 2.45) is 0 Å². The van der Waals surface area contributed by atoms with E-state index in [-0.39, 0.29) is 0 Å². The van der Waals surface area contributed by atoms with Crippen LogP contribution in [0, 0.1) is 0 Å². The number of benzene rings is 1. The molecule has 0 amide bonds. The van der Waals surface area contributed by atoms with Gasteiger partial charge in [-0.25, -0.2) is 0 Å². The Morgan fingerprint density at radius 3 is 2.80 bits per heavy atom. The molecule has 1 aliphatic heterocycles. The van der Waals surface area contributed by atoms with Crippen LogP contribution in [0.25, 0.3) is 0 Å². The lowest BCUT2D eigenvalue weighted by Gasteiger charge is -2.23. The second-order valence-corrected chi connectivity index (χ2v) is 3.73. The molecule has 0 bridgehead atoms. The largest absolute Gasteiger partial charge is 0.368 e. The summed E-state index contributed by atoms with van der Waals surface area (Å²) in [6, 6.07) is 8.66. The first-order chi connectivity index (χ1) is 7.42. The van der Waals surface area contributed by atoms with E-state index in [1.54, 1.807) is 0 Å². The monoisotopic (exact) mass is 199 g/mol. The van der Waals surface area contributed by atoms with Crippen LogP contribution in [0.4, 0.5) is 5.69 Å². The average molecular weight is 199 g/mol. The molecular weight excluding hydrogens is 182 g/mol. The SMILES string of the molecule is CCN1C/C=C\C=C/Cc2ccccc21. The average Bonchev–Trinajstić information content (AvgIpc) is 2.38. The van der Waals surface area contributed by atoms with Crippen molar-refractivity contribution in [1.82, 2.24) is 0 Å². The van der Waals surface area contributed by atoms with Gasteiger partial charge in [0.15, 0.2) is 0 Å². The third kappa shape index (κ3) is 2.30. The van der Waals surface area contributed by atoms with Gasteiger partial charge >= 0.3 is 0 Å². The lowest BCUT2D eigenvalue weighted by Crippen LogP contribution is -2.23. The zero-order valence-electron chi connectivity index (χ0n) is 9.19. The minimum atomic E-state index is 0.998. The summed E-state index contributed by atoms with van der Waals surface area (Å²) in [5, 5.41) is 0. The van der Waals surface area contributed by atoms with Gasteiger partial charge < -0.3 is 4.90 Å². The number of hydrogen-bond acceptors (Lipinski definition) is 1. The van der Waals surface area contributed by atoms with E-state index in [1.807, 2.05) is 0 Å². The summed E-state index contributed by atoms with van der Waals surface area (Å²) >= 11 is 0. The highest BCUT2D eigenvalue weighted by Gasteiger charge is 2.07. The summed E-state index contributed by atoms with van der Waals surface area (Å²) in [4.78, 5) is 2.40. The van der Waals surface area contributed by atoms with Crippen LogP contribution < -0.4 is 4.90 Å². The first-order valence-electron chi connectivity index (χ1n) is 5.56. The third-order valence-electron chi connectivity index (χ3n) is 2.76. The second kappa shape index (κ2) is 4.83. The molecule has 0 N–H and O–H groups in total. The molecule has 0 unspecified atom stereocenters. The molecule has 1 aromatic carbocycles. The molecule has 1 aromatic rings. The van der Waals surface area contributed by atoms with E-state index in [2.05, 4.69) is 60.4 Å². The molecule has 0 saturated carbocycles. The fourth-order valence-corrected chi connectivity index (χ4v) is 1.93. The Morgan fingerprint density at radius 2 is 1.93 bits per heavy atom. The second-order valence-electron chi connectivity index (χ2n) is 3.73. The number of hydrogen-bond donors (Lipinski definition) is 0. The molecule has 15 heavy (non-hydrogen) atoms. The Morgan fingerprint density at radius 1 is 1.13 bits per heavy atom. The van der Waals surface area contributed by atoms with Crippen LogP contribution in [-0.2, 0) is 6.42 Å². The first-order valence-corrected chi connectivity index (χ1v) is 5.56. The van der Waals surface area contributed by atoms with E-state index in [1.165, 1.54) is 11.3 Å². The minimum Gasteiger partial charge on any atom is -0.368 e. The molecule has 1 heteroatoms. The molecule has 0 aromatic heterocycles. The van der Waals surface area contributed by atoms with Gasteiger partial charge in [-0.15, -0.1) is 0 Å². The van der Waals surface area contributed by atoms with Gasteiger partial charge in [-0.3, -0.25) is 0 Å². The molecule has 0 atom stereocenters.